The topological polar surface area (TPSA) is 72.2 Å². The molecule has 13 heavy (non-hydrogen) atoms. The Balaban J connectivity index is 3.56. The van der Waals surface area contributed by atoms with Crippen molar-refractivity contribution in [1.29, 1.82) is 0 Å². The molecule has 0 saturated heterocycles. The Hall–Kier alpha value is -0.420. The average Bonchev–Trinajstić information content (AvgIpc) is 2.01. The molecule has 3 N–H and O–H groups in total. The third kappa shape index (κ3) is 7.93. The van der Waals surface area contributed by atoms with Gasteiger partial charge in [-0.3, -0.25) is 9.00 Å². The third-order valence-electron chi connectivity index (χ3n) is 1.35. The van der Waals surface area contributed by atoms with Crippen LogP contribution in [-0.4, -0.2) is 34.7 Å². The van der Waals surface area contributed by atoms with Crippen molar-refractivity contribution in [2.24, 2.45) is 11.7 Å². The van der Waals surface area contributed by atoms with Crippen LogP contribution in [0.1, 0.15) is 13.8 Å². The van der Waals surface area contributed by atoms with Gasteiger partial charge in [-0.1, -0.05) is 13.8 Å². The van der Waals surface area contributed by atoms with E-state index >= 15 is 0 Å². The summed E-state index contributed by atoms with van der Waals surface area (Å²) >= 11 is 0. The van der Waals surface area contributed by atoms with Crippen molar-refractivity contribution in [1.82, 2.24) is 5.32 Å². The number of hydrogen-bond donors (Lipinski definition) is 2. The summed E-state index contributed by atoms with van der Waals surface area (Å²) in [5, 5.41) is 2.70. The Bertz CT molecular complexity index is 183. The molecular formula is C8H18N2O2S. The first-order chi connectivity index (χ1) is 6.06. The summed E-state index contributed by atoms with van der Waals surface area (Å²) in [6.45, 7) is 5.02. The molecule has 0 spiro atoms. The number of hydrogen-bond acceptors (Lipinski definition) is 3. The number of rotatable bonds is 6. The van der Waals surface area contributed by atoms with Crippen molar-refractivity contribution in [3.8, 4) is 0 Å². The van der Waals surface area contributed by atoms with Gasteiger partial charge in [0, 0.05) is 29.6 Å². The van der Waals surface area contributed by atoms with Gasteiger partial charge in [0.1, 0.15) is 5.75 Å². The van der Waals surface area contributed by atoms with Crippen molar-refractivity contribution in [3.63, 3.8) is 0 Å². The van der Waals surface area contributed by atoms with E-state index in [1.165, 1.54) is 0 Å². The monoisotopic (exact) mass is 206 g/mol. The predicted molar refractivity (Wildman–Crippen MR) is 54.8 cm³/mol. The SMILES string of the molecule is CC(C)CNC(=O)CS(=O)CCN. The van der Waals surface area contributed by atoms with Crippen LogP contribution in [0.3, 0.4) is 0 Å². The van der Waals surface area contributed by atoms with E-state index in [9.17, 15) is 9.00 Å². The van der Waals surface area contributed by atoms with E-state index in [2.05, 4.69) is 5.32 Å². The summed E-state index contributed by atoms with van der Waals surface area (Å²) in [6, 6.07) is 0. The van der Waals surface area contributed by atoms with Gasteiger partial charge in [0.15, 0.2) is 0 Å². The molecule has 0 bridgehead atoms. The van der Waals surface area contributed by atoms with Gasteiger partial charge in [-0.2, -0.15) is 0 Å². The number of amides is 1. The summed E-state index contributed by atoms with van der Waals surface area (Å²) in [5.41, 5.74) is 5.20. The van der Waals surface area contributed by atoms with E-state index < -0.39 is 10.8 Å². The lowest BCUT2D eigenvalue weighted by molar-refractivity contribution is -0.118. The summed E-state index contributed by atoms with van der Waals surface area (Å²) in [6.07, 6.45) is 0. The van der Waals surface area contributed by atoms with E-state index in [0.717, 1.165) is 0 Å². The lowest BCUT2D eigenvalue weighted by Crippen LogP contribution is -2.32. The number of nitrogens with two attached hydrogens (primary N) is 1. The minimum Gasteiger partial charge on any atom is -0.355 e. The van der Waals surface area contributed by atoms with Crippen molar-refractivity contribution in [2.75, 3.05) is 24.6 Å². The maximum atomic E-state index is 11.1. The second-order valence-electron chi connectivity index (χ2n) is 3.27. The third-order valence-corrected chi connectivity index (χ3v) is 2.62. The molecule has 0 aromatic carbocycles. The Morgan fingerprint density at radius 1 is 1.54 bits per heavy atom. The molecule has 0 aromatic rings. The van der Waals surface area contributed by atoms with Gasteiger partial charge in [-0.05, 0) is 5.92 Å². The zero-order valence-electron chi connectivity index (χ0n) is 8.21. The van der Waals surface area contributed by atoms with E-state index in [1.807, 2.05) is 13.8 Å². The van der Waals surface area contributed by atoms with Crippen molar-refractivity contribution in [3.05, 3.63) is 0 Å². The second kappa shape index (κ2) is 7.03. The van der Waals surface area contributed by atoms with Gasteiger partial charge in [0.25, 0.3) is 0 Å². The molecule has 0 aromatic heterocycles. The first kappa shape index (κ1) is 12.6. The summed E-state index contributed by atoms with van der Waals surface area (Å²) in [5.74, 6) is 0.742. The molecule has 0 aliphatic rings. The Kier molecular flexibility index (Phi) is 6.80. The number of nitrogens with one attached hydrogen (secondary N) is 1. The lowest BCUT2D eigenvalue weighted by atomic mass is 10.2. The maximum Gasteiger partial charge on any atom is 0.232 e. The molecule has 0 aliphatic carbocycles. The fourth-order valence-electron chi connectivity index (χ4n) is 0.719. The minimum atomic E-state index is -1.10. The molecular weight excluding hydrogens is 188 g/mol. The van der Waals surface area contributed by atoms with E-state index in [4.69, 9.17) is 5.73 Å². The molecule has 1 unspecified atom stereocenters. The van der Waals surface area contributed by atoms with Gasteiger partial charge in [0.05, 0.1) is 0 Å². The zero-order valence-corrected chi connectivity index (χ0v) is 9.02. The zero-order chi connectivity index (χ0) is 10.3. The quantitative estimate of drug-likeness (QED) is 0.613. The summed E-state index contributed by atoms with van der Waals surface area (Å²) in [4.78, 5) is 11.1. The van der Waals surface area contributed by atoms with Crippen LogP contribution < -0.4 is 11.1 Å². The van der Waals surface area contributed by atoms with Crippen LogP contribution in [-0.2, 0) is 15.6 Å². The highest BCUT2D eigenvalue weighted by Gasteiger charge is 2.06. The van der Waals surface area contributed by atoms with Crippen LogP contribution in [0, 0.1) is 5.92 Å². The Morgan fingerprint density at radius 2 is 2.15 bits per heavy atom. The lowest BCUT2D eigenvalue weighted by Gasteiger charge is -2.06. The average molecular weight is 206 g/mol. The number of carbonyl (C=O) groups is 1. The number of carbonyl (C=O) groups excluding carboxylic acids is 1. The molecule has 0 heterocycles. The largest absolute Gasteiger partial charge is 0.355 e. The van der Waals surface area contributed by atoms with E-state index in [-0.39, 0.29) is 11.7 Å². The van der Waals surface area contributed by atoms with Crippen LogP contribution >= 0.6 is 0 Å². The molecule has 4 nitrogen and oxygen atoms in total. The van der Waals surface area contributed by atoms with Crippen molar-refractivity contribution in [2.45, 2.75) is 13.8 Å². The predicted octanol–water partition coefficient (Wildman–Crippen LogP) is -0.534. The Labute approximate surface area is 81.7 Å². The molecule has 0 radical (unpaired) electrons. The maximum absolute atomic E-state index is 11.1. The summed E-state index contributed by atoms with van der Waals surface area (Å²) in [7, 11) is -1.10. The van der Waals surface area contributed by atoms with Crippen molar-refractivity contribution < 1.29 is 9.00 Å². The molecule has 0 saturated carbocycles. The summed E-state index contributed by atoms with van der Waals surface area (Å²) < 4.78 is 11.1. The first-order valence-electron chi connectivity index (χ1n) is 4.38. The van der Waals surface area contributed by atoms with Gasteiger partial charge in [-0.25, -0.2) is 0 Å². The fraction of sp³-hybridized carbons (Fsp3) is 0.875. The molecule has 1 atom stereocenters. The highest BCUT2D eigenvalue weighted by molar-refractivity contribution is 7.85. The molecule has 78 valence electrons. The first-order valence-corrected chi connectivity index (χ1v) is 5.86. The minimum absolute atomic E-state index is 0.0733. The van der Waals surface area contributed by atoms with Crippen LogP contribution in [0.15, 0.2) is 0 Å². The Morgan fingerprint density at radius 3 is 2.62 bits per heavy atom. The van der Waals surface area contributed by atoms with Crippen LogP contribution in [0.4, 0.5) is 0 Å². The molecule has 0 aliphatic heterocycles. The van der Waals surface area contributed by atoms with Gasteiger partial charge < -0.3 is 11.1 Å². The van der Waals surface area contributed by atoms with Gasteiger partial charge >= 0.3 is 0 Å². The molecule has 0 fully saturated rings. The van der Waals surface area contributed by atoms with Gasteiger partial charge in [-0.15, -0.1) is 0 Å². The molecule has 5 heteroatoms. The second-order valence-corrected chi connectivity index (χ2v) is 4.85. The van der Waals surface area contributed by atoms with E-state index in [1.54, 1.807) is 0 Å². The normalized spacial score (nSPS) is 12.9. The van der Waals surface area contributed by atoms with Crippen LogP contribution in [0.5, 0.6) is 0 Å². The molecule has 1 amide bonds. The fourth-order valence-corrected chi connectivity index (χ4v) is 1.52. The van der Waals surface area contributed by atoms with Crippen LogP contribution in [0.25, 0.3) is 0 Å². The molecule has 0 rings (SSSR count). The van der Waals surface area contributed by atoms with Crippen LogP contribution in [0.2, 0.25) is 0 Å². The van der Waals surface area contributed by atoms with E-state index in [0.29, 0.717) is 24.8 Å². The highest BCUT2D eigenvalue weighted by Crippen LogP contribution is 1.88. The highest BCUT2D eigenvalue weighted by atomic mass is 32.2. The van der Waals surface area contributed by atoms with Crippen molar-refractivity contribution >= 4 is 16.7 Å². The standard InChI is InChI=1S/C8H18N2O2S/c1-7(2)5-10-8(11)6-13(12)4-3-9/h7H,3-6,9H2,1-2H3,(H,10,11). The smallest absolute Gasteiger partial charge is 0.232 e. The van der Waals surface area contributed by atoms with Gasteiger partial charge in [0.2, 0.25) is 5.91 Å².